The van der Waals surface area contributed by atoms with Gasteiger partial charge in [0, 0.05) is 43.2 Å². The Kier molecular flexibility index (Phi) is 7.35. The fourth-order valence-corrected chi connectivity index (χ4v) is 6.11. The number of hydrogen-bond donors (Lipinski definition) is 0. The van der Waals surface area contributed by atoms with Gasteiger partial charge in [0.05, 0.1) is 37.4 Å². The molecule has 2 aliphatic heterocycles. The number of methoxy groups -OCH3 is 2. The Morgan fingerprint density at radius 1 is 1.05 bits per heavy atom. The van der Waals surface area contributed by atoms with Crippen LogP contribution in [0.15, 0.2) is 42.6 Å². The number of piperazine rings is 1. The number of benzene rings is 2. The third-order valence-electron chi connectivity index (χ3n) is 7.84. The number of carbonyl (C=O) groups excluding carboxylic acids is 3. The molecule has 5 rings (SSSR count). The van der Waals surface area contributed by atoms with Gasteiger partial charge >= 0.3 is 12.1 Å². The highest BCUT2D eigenvalue weighted by molar-refractivity contribution is 5.95. The maximum absolute atomic E-state index is 13.1. The zero-order valence-corrected chi connectivity index (χ0v) is 24.0. The van der Waals surface area contributed by atoms with Crippen molar-refractivity contribution in [1.82, 2.24) is 14.4 Å². The Hall–Kier alpha value is -3.85. The smallest absolute Gasteiger partial charge is 0.419 e. The summed E-state index contributed by atoms with van der Waals surface area (Å²) < 4.78 is 18.0. The predicted octanol–water partition coefficient (Wildman–Crippen LogP) is 5.08. The van der Waals surface area contributed by atoms with E-state index in [0.717, 1.165) is 39.8 Å². The monoisotopic (exact) mass is 547 g/mol. The Labute approximate surface area is 234 Å². The molecule has 9 heteroatoms. The summed E-state index contributed by atoms with van der Waals surface area (Å²) in [6.45, 7) is 9.40. The molecule has 40 heavy (non-hydrogen) atoms. The summed E-state index contributed by atoms with van der Waals surface area (Å²) in [4.78, 5) is 42.2. The molecule has 2 unspecified atom stereocenters. The van der Waals surface area contributed by atoms with Crippen molar-refractivity contribution in [3.05, 3.63) is 64.8 Å². The molecule has 1 aromatic heterocycles. The fourth-order valence-electron chi connectivity index (χ4n) is 6.11. The number of aryl methyl sites for hydroxylation is 1. The van der Waals surface area contributed by atoms with Gasteiger partial charge in [-0.1, -0.05) is 12.1 Å². The summed E-state index contributed by atoms with van der Waals surface area (Å²) in [6, 6.07) is 11.3. The topological polar surface area (TPSA) is 90.3 Å². The molecule has 0 radical (unpaired) electrons. The van der Waals surface area contributed by atoms with E-state index >= 15 is 0 Å². The second-order valence-corrected chi connectivity index (χ2v) is 11.5. The highest BCUT2D eigenvalue weighted by Gasteiger charge is 2.43. The zero-order valence-electron chi connectivity index (χ0n) is 24.0. The van der Waals surface area contributed by atoms with Crippen LogP contribution in [0.2, 0.25) is 0 Å². The Morgan fingerprint density at radius 2 is 1.77 bits per heavy atom. The molecule has 0 aliphatic carbocycles. The van der Waals surface area contributed by atoms with E-state index in [4.69, 9.17) is 14.2 Å². The molecule has 212 valence electrons. The van der Waals surface area contributed by atoms with E-state index in [-0.39, 0.29) is 24.0 Å². The van der Waals surface area contributed by atoms with E-state index < -0.39 is 11.7 Å². The maximum atomic E-state index is 13.1. The van der Waals surface area contributed by atoms with Gasteiger partial charge in [0.1, 0.15) is 11.4 Å². The second kappa shape index (κ2) is 10.6. The lowest BCUT2D eigenvalue weighted by atomic mass is 9.92. The zero-order chi connectivity index (χ0) is 28.8. The first-order valence-electron chi connectivity index (χ1n) is 13.6. The third kappa shape index (κ3) is 5.06. The fraction of sp³-hybridized carbons (Fsp3) is 0.452. The van der Waals surface area contributed by atoms with Gasteiger partial charge in [-0.25, -0.2) is 9.59 Å². The highest BCUT2D eigenvalue weighted by Crippen LogP contribution is 2.41. The molecule has 0 spiro atoms. The minimum absolute atomic E-state index is 0.0310. The maximum Gasteiger partial charge on any atom is 0.419 e. The molecule has 1 amide bonds. The molecule has 2 atom stereocenters. The largest absolute Gasteiger partial charge is 0.496 e. The van der Waals surface area contributed by atoms with Crippen LogP contribution in [0.5, 0.6) is 5.75 Å². The molecule has 3 heterocycles. The van der Waals surface area contributed by atoms with Crippen molar-refractivity contribution >= 4 is 28.9 Å². The van der Waals surface area contributed by atoms with E-state index in [0.29, 0.717) is 31.6 Å². The number of ether oxygens (including phenoxy) is 3. The molecule has 2 saturated heterocycles. The molecule has 3 aromatic rings. The van der Waals surface area contributed by atoms with E-state index in [1.165, 1.54) is 7.11 Å². The van der Waals surface area contributed by atoms with Crippen LogP contribution in [-0.2, 0) is 20.8 Å². The lowest BCUT2D eigenvalue weighted by Gasteiger charge is -2.45. The molecule has 0 saturated carbocycles. The van der Waals surface area contributed by atoms with Crippen LogP contribution in [0.4, 0.5) is 4.79 Å². The van der Waals surface area contributed by atoms with Crippen molar-refractivity contribution < 1.29 is 28.6 Å². The number of hydrogen-bond acceptors (Lipinski definition) is 7. The number of aromatic nitrogens is 1. The Bertz CT molecular complexity index is 1450. The van der Waals surface area contributed by atoms with Crippen LogP contribution in [0, 0.1) is 6.92 Å². The van der Waals surface area contributed by atoms with Gasteiger partial charge < -0.3 is 19.1 Å². The summed E-state index contributed by atoms with van der Waals surface area (Å²) in [5, 5.41) is 0.924. The van der Waals surface area contributed by atoms with E-state index in [1.54, 1.807) is 30.0 Å². The minimum Gasteiger partial charge on any atom is -0.496 e. The Morgan fingerprint density at radius 3 is 2.42 bits per heavy atom. The van der Waals surface area contributed by atoms with Crippen LogP contribution in [0.25, 0.3) is 10.9 Å². The van der Waals surface area contributed by atoms with Crippen LogP contribution < -0.4 is 4.74 Å². The minimum atomic E-state index is -0.619. The summed E-state index contributed by atoms with van der Waals surface area (Å²) in [7, 11) is 3.03. The number of rotatable bonds is 5. The van der Waals surface area contributed by atoms with Gasteiger partial charge in [-0.2, -0.15) is 0 Å². The molecule has 2 aromatic carbocycles. The normalized spacial score (nSPS) is 19.6. The number of nitrogens with zero attached hydrogens (tertiary/aromatic N) is 3. The molecule has 0 bridgehead atoms. The van der Waals surface area contributed by atoms with E-state index in [1.807, 2.05) is 56.9 Å². The Balaban J connectivity index is 1.56. The molecule has 9 nitrogen and oxygen atoms in total. The molecular formula is C31H37N3O6. The lowest BCUT2D eigenvalue weighted by Crippen LogP contribution is -2.53. The summed E-state index contributed by atoms with van der Waals surface area (Å²) >= 11 is 0. The van der Waals surface area contributed by atoms with Gasteiger partial charge in [0.25, 0.3) is 0 Å². The van der Waals surface area contributed by atoms with Gasteiger partial charge in [-0.3, -0.25) is 14.3 Å². The highest BCUT2D eigenvalue weighted by atomic mass is 16.6. The van der Waals surface area contributed by atoms with Gasteiger partial charge in [0.15, 0.2) is 0 Å². The van der Waals surface area contributed by atoms with Crippen molar-refractivity contribution in [2.45, 2.75) is 64.8 Å². The van der Waals surface area contributed by atoms with Crippen LogP contribution in [0.1, 0.15) is 66.7 Å². The van der Waals surface area contributed by atoms with Gasteiger partial charge in [-0.15, -0.1) is 0 Å². The van der Waals surface area contributed by atoms with Crippen molar-refractivity contribution in [1.29, 1.82) is 0 Å². The SMILES string of the molecule is COC(=O)c1ccc(C2C3CCC(=O)N3CCN2Cc2c(OC)cc(C)c3c2ccn3C(=O)OC(C)(C)C)cc1. The number of fused-ring (bicyclic) bond motifs is 2. The second-order valence-electron chi connectivity index (χ2n) is 11.5. The summed E-state index contributed by atoms with van der Waals surface area (Å²) in [5.41, 5.74) is 3.57. The quantitative estimate of drug-likeness (QED) is 0.412. The third-order valence-corrected chi connectivity index (χ3v) is 7.84. The summed E-state index contributed by atoms with van der Waals surface area (Å²) in [5.74, 6) is 0.549. The van der Waals surface area contributed by atoms with E-state index in [2.05, 4.69) is 4.90 Å². The van der Waals surface area contributed by atoms with Gasteiger partial charge in [0.2, 0.25) is 5.91 Å². The molecule has 2 fully saturated rings. The predicted molar refractivity (Wildman–Crippen MR) is 151 cm³/mol. The number of carbonyl (C=O) groups is 3. The van der Waals surface area contributed by atoms with E-state index in [9.17, 15) is 14.4 Å². The first kappa shape index (κ1) is 27.7. The number of amides is 1. The molecular weight excluding hydrogens is 510 g/mol. The molecule has 2 aliphatic rings. The van der Waals surface area contributed by atoms with Crippen LogP contribution >= 0.6 is 0 Å². The van der Waals surface area contributed by atoms with Crippen LogP contribution in [-0.4, -0.2) is 71.3 Å². The van der Waals surface area contributed by atoms with Crippen molar-refractivity contribution in [2.24, 2.45) is 0 Å². The molecule has 0 N–H and O–H groups in total. The van der Waals surface area contributed by atoms with Crippen molar-refractivity contribution in [3.63, 3.8) is 0 Å². The van der Waals surface area contributed by atoms with Crippen LogP contribution in [0.3, 0.4) is 0 Å². The van der Waals surface area contributed by atoms with Gasteiger partial charge in [-0.05, 0) is 69.5 Å². The average molecular weight is 548 g/mol. The van der Waals surface area contributed by atoms with Crippen molar-refractivity contribution in [2.75, 3.05) is 27.3 Å². The first-order chi connectivity index (χ1) is 19.0. The first-order valence-corrected chi connectivity index (χ1v) is 13.6. The standard InChI is InChI=1S/C31H37N3O6/c1-19-17-25(38-5)23(22-13-14-34(27(19)22)30(37)40-31(2,3)4)18-32-15-16-33-24(11-12-26(33)35)28(32)20-7-9-21(10-8-20)29(36)39-6/h7-10,13-14,17,24,28H,11-12,15-16,18H2,1-6H3. The number of esters is 1. The average Bonchev–Trinajstić information content (AvgIpc) is 3.53. The van der Waals surface area contributed by atoms with Crippen molar-refractivity contribution in [3.8, 4) is 5.75 Å². The lowest BCUT2D eigenvalue weighted by molar-refractivity contribution is -0.132. The summed E-state index contributed by atoms with van der Waals surface area (Å²) in [6.07, 6.45) is 2.63.